The van der Waals surface area contributed by atoms with E-state index in [2.05, 4.69) is 24.8 Å². The number of rotatable bonds is 13. The highest BCUT2D eigenvalue weighted by molar-refractivity contribution is 5.98. The molecule has 0 saturated heterocycles. The second-order valence-corrected chi connectivity index (χ2v) is 7.33. The van der Waals surface area contributed by atoms with Crippen molar-refractivity contribution < 1.29 is 38.1 Å². The Morgan fingerprint density at radius 1 is 0.886 bits per heavy atom. The highest BCUT2D eigenvalue weighted by atomic mass is 16.6. The first-order chi connectivity index (χ1) is 16.9. The van der Waals surface area contributed by atoms with Gasteiger partial charge in [-0.25, -0.2) is 14.6 Å². The predicted molar refractivity (Wildman–Crippen MR) is 123 cm³/mol. The van der Waals surface area contributed by atoms with Gasteiger partial charge >= 0.3 is 11.9 Å². The van der Waals surface area contributed by atoms with E-state index in [-0.39, 0.29) is 54.7 Å². The summed E-state index contributed by atoms with van der Waals surface area (Å²) in [6, 6.07) is 11.8. The molecule has 0 fully saturated rings. The molecule has 0 atom stereocenters. The van der Waals surface area contributed by atoms with E-state index in [1.807, 2.05) is 24.3 Å². The normalized spacial score (nSPS) is 10.6. The molecular weight excluding hydrogens is 458 g/mol. The van der Waals surface area contributed by atoms with Gasteiger partial charge in [0, 0.05) is 5.56 Å². The molecule has 0 saturated carbocycles. The van der Waals surface area contributed by atoms with Gasteiger partial charge in [-0.15, -0.1) is 0 Å². The lowest BCUT2D eigenvalue weighted by Gasteiger charge is -2.13. The number of ether oxygens (including phenoxy) is 4. The SMILES string of the molecule is COC(=O)COc1ccc(C(=O)CNCC(=O)Cc2nc3ccccc3[nH]2)cc1OCC(=O)OC. The highest BCUT2D eigenvalue weighted by Gasteiger charge is 2.15. The van der Waals surface area contributed by atoms with Gasteiger partial charge in [0.1, 0.15) is 5.82 Å². The number of hydrogen-bond donors (Lipinski definition) is 2. The summed E-state index contributed by atoms with van der Waals surface area (Å²) < 4.78 is 19.8. The van der Waals surface area contributed by atoms with Gasteiger partial charge in [-0.2, -0.15) is 0 Å². The Balaban J connectivity index is 1.56. The van der Waals surface area contributed by atoms with Gasteiger partial charge in [-0.3, -0.25) is 9.59 Å². The minimum atomic E-state index is -0.634. The molecule has 3 rings (SSSR count). The molecule has 184 valence electrons. The van der Waals surface area contributed by atoms with E-state index in [1.54, 1.807) is 0 Å². The van der Waals surface area contributed by atoms with Crippen molar-refractivity contribution in [1.82, 2.24) is 15.3 Å². The number of para-hydroxylation sites is 2. The number of aromatic amines is 1. The van der Waals surface area contributed by atoms with Crippen molar-refractivity contribution in [1.29, 1.82) is 0 Å². The summed E-state index contributed by atoms with van der Waals surface area (Å²) in [4.78, 5) is 55.2. The summed E-state index contributed by atoms with van der Waals surface area (Å²) in [7, 11) is 2.43. The number of esters is 2. The number of fused-ring (bicyclic) bond motifs is 1. The standard InChI is InChI=1S/C24H25N3O8/c1-32-23(30)13-34-20-8-7-15(9-21(20)35-14-24(31)33-2)19(29)12-25-11-16(28)10-22-26-17-5-3-4-6-18(17)27-22/h3-9,25H,10-14H2,1-2H3,(H,26,27). The molecule has 0 unspecified atom stereocenters. The maximum absolute atomic E-state index is 12.6. The number of imidazole rings is 1. The Hall–Kier alpha value is -4.25. The summed E-state index contributed by atoms with van der Waals surface area (Å²) in [5, 5.41) is 2.83. The van der Waals surface area contributed by atoms with E-state index in [0.29, 0.717) is 5.82 Å². The van der Waals surface area contributed by atoms with Crippen molar-refractivity contribution >= 4 is 34.5 Å². The molecule has 0 aliphatic carbocycles. The number of hydrogen-bond acceptors (Lipinski definition) is 10. The van der Waals surface area contributed by atoms with Crippen LogP contribution in [0.4, 0.5) is 0 Å². The smallest absolute Gasteiger partial charge is 0.343 e. The second-order valence-electron chi connectivity index (χ2n) is 7.33. The van der Waals surface area contributed by atoms with Crippen LogP contribution in [0.3, 0.4) is 0 Å². The largest absolute Gasteiger partial charge is 0.478 e. The number of nitrogens with one attached hydrogen (secondary N) is 2. The third kappa shape index (κ3) is 7.37. The average Bonchev–Trinajstić information content (AvgIpc) is 3.27. The lowest BCUT2D eigenvalue weighted by atomic mass is 10.1. The van der Waals surface area contributed by atoms with Gasteiger partial charge in [0.15, 0.2) is 36.3 Å². The first-order valence-corrected chi connectivity index (χ1v) is 10.6. The zero-order chi connectivity index (χ0) is 25.2. The molecule has 1 heterocycles. The molecule has 0 spiro atoms. The number of nitrogens with zero attached hydrogens (tertiary/aromatic N) is 1. The third-order valence-corrected chi connectivity index (χ3v) is 4.82. The molecule has 2 N–H and O–H groups in total. The lowest BCUT2D eigenvalue weighted by Crippen LogP contribution is -2.29. The topological polar surface area (TPSA) is 146 Å². The molecule has 0 bridgehead atoms. The first-order valence-electron chi connectivity index (χ1n) is 10.6. The van der Waals surface area contributed by atoms with Crippen LogP contribution >= 0.6 is 0 Å². The maximum atomic E-state index is 12.6. The summed E-state index contributed by atoms with van der Waals surface area (Å²) in [5.41, 5.74) is 1.89. The van der Waals surface area contributed by atoms with E-state index >= 15 is 0 Å². The number of H-pyrrole nitrogens is 1. The van der Waals surface area contributed by atoms with Gasteiger partial charge in [-0.1, -0.05) is 12.1 Å². The zero-order valence-electron chi connectivity index (χ0n) is 19.3. The van der Waals surface area contributed by atoms with Crippen LogP contribution in [-0.2, 0) is 30.3 Å². The molecule has 1 aromatic heterocycles. The van der Waals surface area contributed by atoms with E-state index < -0.39 is 18.5 Å². The molecule has 0 radical (unpaired) electrons. The molecule has 0 amide bonds. The van der Waals surface area contributed by atoms with Gasteiger partial charge in [-0.05, 0) is 30.3 Å². The van der Waals surface area contributed by atoms with Crippen molar-refractivity contribution in [2.24, 2.45) is 0 Å². The lowest BCUT2D eigenvalue weighted by molar-refractivity contribution is -0.144. The van der Waals surface area contributed by atoms with Crippen molar-refractivity contribution in [2.45, 2.75) is 6.42 Å². The number of Topliss-reactive ketones (excluding diaryl/α,β-unsaturated/α-hetero) is 2. The number of aromatic nitrogens is 2. The van der Waals surface area contributed by atoms with Crippen LogP contribution in [0.5, 0.6) is 11.5 Å². The Bertz CT molecular complexity index is 1190. The summed E-state index contributed by atoms with van der Waals surface area (Å²) >= 11 is 0. The number of benzene rings is 2. The van der Waals surface area contributed by atoms with Crippen LogP contribution in [0, 0.1) is 0 Å². The predicted octanol–water partition coefficient (Wildman–Crippen LogP) is 1.25. The van der Waals surface area contributed by atoms with Crippen molar-refractivity contribution in [3.05, 3.63) is 53.9 Å². The average molecular weight is 483 g/mol. The van der Waals surface area contributed by atoms with E-state index in [9.17, 15) is 19.2 Å². The van der Waals surface area contributed by atoms with E-state index in [0.717, 1.165) is 11.0 Å². The zero-order valence-corrected chi connectivity index (χ0v) is 19.3. The fourth-order valence-electron chi connectivity index (χ4n) is 3.06. The van der Waals surface area contributed by atoms with Crippen LogP contribution in [-0.4, -0.2) is 74.0 Å². The summed E-state index contributed by atoms with van der Waals surface area (Å²) in [6.07, 6.45) is 0.105. The second kappa shape index (κ2) is 12.3. The summed E-state index contributed by atoms with van der Waals surface area (Å²) in [6.45, 7) is -0.927. The Morgan fingerprint density at radius 3 is 2.26 bits per heavy atom. The Labute approximate surface area is 200 Å². The molecule has 35 heavy (non-hydrogen) atoms. The van der Waals surface area contributed by atoms with E-state index in [4.69, 9.17) is 9.47 Å². The van der Waals surface area contributed by atoms with Crippen molar-refractivity contribution in [3.8, 4) is 11.5 Å². The van der Waals surface area contributed by atoms with Gasteiger partial charge in [0.2, 0.25) is 0 Å². The molecular formula is C24H25N3O8. The maximum Gasteiger partial charge on any atom is 0.343 e. The minimum absolute atomic E-state index is 0.0190. The Morgan fingerprint density at radius 2 is 1.57 bits per heavy atom. The van der Waals surface area contributed by atoms with Gasteiger partial charge < -0.3 is 29.2 Å². The number of carbonyl (C=O) groups excluding carboxylic acids is 4. The molecule has 2 aromatic carbocycles. The van der Waals surface area contributed by atoms with Gasteiger partial charge in [0.25, 0.3) is 0 Å². The van der Waals surface area contributed by atoms with Crippen LogP contribution in [0.2, 0.25) is 0 Å². The molecule has 11 heteroatoms. The fraction of sp³-hybridized carbons (Fsp3) is 0.292. The third-order valence-electron chi connectivity index (χ3n) is 4.82. The number of carbonyl (C=O) groups is 4. The monoisotopic (exact) mass is 483 g/mol. The van der Waals surface area contributed by atoms with Crippen LogP contribution < -0.4 is 14.8 Å². The highest BCUT2D eigenvalue weighted by Crippen LogP contribution is 2.29. The van der Waals surface area contributed by atoms with Crippen molar-refractivity contribution in [3.63, 3.8) is 0 Å². The number of ketones is 2. The minimum Gasteiger partial charge on any atom is -0.478 e. The van der Waals surface area contributed by atoms with E-state index in [1.165, 1.54) is 32.4 Å². The van der Waals surface area contributed by atoms with Crippen molar-refractivity contribution in [2.75, 3.05) is 40.5 Å². The molecule has 0 aliphatic rings. The summed E-state index contributed by atoms with van der Waals surface area (Å²) in [5.74, 6) is -0.921. The van der Waals surface area contributed by atoms with Crippen LogP contribution in [0.15, 0.2) is 42.5 Å². The fourth-order valence-corrected chi connectivity index (χ4v) is 3.06. The number of methoxy groups -OCH3 is 2. The quantitative estimate of drug-likeness (QED) is 0.269. The van der Waals surface area contributed by atoms with Crippen LogP contribution in [0.25, 0.3) is 11.0 Å². The molecule has 11 nitrogen and oxygen atoms in total. The first kappa shape index (κ1) is 25.4. The molecule has 0 aliphatic heterocycles. The van der Waals surface area contributed by atoms with Gasteiger partial charge in [0.05, 0.1) is 44.8 Å². The molecule has 3 aromatic rings. The Kier molecular flexibility index (Phi) is 8.90. The van der Waals surface area contributed by atoms with Crippen LogP contribution in [0.1, 0.15) is 16.2 Å².